The average Bonchev–Trinajstić information content (AvgIpc) is 2.78. The van der Waals surface area contributed by atoms with Gasteiger partial charge in [-0.05, 0) is 30.7 Å². The fourth-order valence-corrected chi connectivity index (χ4v) is 3.66. The highest BCUT2D eigenvalue weighted by Gasteiger charge is 2.37. The summed E-state index contributed by atoms with van der Waals surface area (Å²) >= 11 is 0. The van der Waals surface area contributed by atoms with E-state index < -0.39 is 23.8 Å². The summed E-state index contributed by atoms with van der Waals surface area (Å²) in [6.07, 6.45) is 3.04. The number of carbonyl (C=O) groups is 1. The van der Waals surface area contributed by atoms with Crippen molar-refractivity contribution in [1.82, 2.24) is 4.90 Å². The molecule has 1 aromatic rings. The largest absolute Gasteiger partial charge is 0.461 e. The van der Waals surface area contributed by atoms with Crippen LogP contribution in [0.4, 0.5) is 18.9 Å². The van der Waals surface area contributed by atoms with Crippen LogP contribution in [0.2, 0.25) is 0 Å². The van der Waals surface area contributed by atoms with Gasteiger partial charge in [-0.3, -0.25) is 10.3 Å². The molecule has 172 valence electrons. The third kappa shape index (κ3) is 5.86. The molecule has 1 heterocycles. The van der Waals surface area contributed by atoms with Gasteiger partial charge in [0, 0.05) is 19.0 Å². The molecular weight excluding hydrogens is 423 g/mol. The second-order valence-corrected chi connectivity index (χ2v) is 7.35. The van der Waals surface area contributed by atoms with Crippen molar-refractivity contribution in [1.29, 1.82) is 0 Å². The number of esters is 1. The molecule has 9 heteroatoms. The topological polar surface area (TPSA) is 63.2 Å². The van der Waals surface area contributed by atoms with Crippen molar-refractivity contribution in [3.8, 4) is 0 Å². The molecule has 0 saturated carbocycles. The lowest BCUT2D eigenvalue weighted by atomic mass is 9.85. The van der Waals surface area contributed by atoms with Gasteiger partial charge in [-0.25, -0.2) is 4.79 Å². The Balaban J connectivity index is 1.98. The van der Waals surface area contributed by atoms with Crippen LogP contribution < -0.4 is 5.43 Å². The Labute approximate surface area is 185 Å². The number of nitrogens with zero attached hydrogens (tertiary/aromatic N) is 2. The van der Waals surface area contributed by atoms with E-state index >= 15 is 0 Å². The molecule has 1 aromatic carbocycles. The molecule has 2 atom stereocenters. The van der Waals surface area contributed by atoms with Gasteiger partial charge in [-0.15, -0.1) is 0 Å². The van der Waals surface area contributed by atoms with Crippen LogP contribution in [0.5, 0.6) is 0 Å². The first-order valence-corrected chi connectivity index (χ1v) is 10.3. The number of alkyl halides is 3. The van der Waals surface area contributed by atoms with Crippen LogP contribution in [0.15, 0.2) is 65.8 Å². The lowest BCUT2D eigenvalue weighted by Crippen LogP contribution is -2.53. The predicted octanol–water partition coefficient (Wildman–Crippen LogP) is 4.04. The number of nitrogens with one attached hydrogen (secondary N) is 1. The first-order valence-electron chi connectivity index (χ1n) is 10.3. The Morgan fingerprint density at radius 3 is 2.75 bits per heavy atom. The number of rotatable bonds is 7. The highest BCUT2D eigenvalue weighted by molar-refractivity contribution is 6.38. The van der Waals surface area contributed by atoms with Crippen LogP contribution >= 0.6 is 0 Å². The zero-order valence-corrected chi connectivity index (χ0v) is 17.8. The van der Waals surface area contributed by atoms with Crippen molar-refractivity contribution in [3.63, 3.8) is 0 Å². The van der Waals surface area contributed by atoms with Crippen LogP contribution in [-0.4, -0.2) is 55.5 Å². The third-order valence-electron chi connectivity index (χ3n) is 5.21. The summed E-state index contributed by atoms with van der Waals surface area (Å²) in [5, 5.41) is 4.26. The molecule has 3 rings (SSSR count). The summed E-state index contributed by atoms with van der Waals surface area (Å²) in [7, 11) is 0. The molecule has 1 saturated heterocycles. The van der Waals surface area contributed by atoms with Gasteiger partial charge in [0.2, 0.25) is 0 Å². The zero-order valence-electron chi connectivity index (χ0n) is 17.8. The number of hydrogen-bond acceptors (Lipinski definition) is 6. The molecule has 0 amide bonds. The average molecular weight is 449 g/mol. The van der Waals surface area contributed by atoms with Crippen LogP contribution in [0.25, 0.3) is 0 Å². The molecule has 0 spiro atoms. The van der Waals surface area contributed by atoms with Crippen molar-refractivity contribution >= 4 is 17.4 Å². The van der Waals surface area contributed by atoms with Crippen molar-refractivity contribution in [2.45, 2.75) is 19.1 Å². The standard InChI is InChI=1S/C23H26F3N3O3/c1-3-32-22(30)20(28-27-18-9-6-8-17(15-18)23(24,25)26)21(29-11-13-31-14-12-29)19-10-5-4-7-16(19)2/h4-10,15,19,21,27H,2-3,11-14H2,1H3. The van der Waals surface area contributed by atoms with Crippen LogP contribution in [-0.2, 0) is 20.4 Å². The molecule has 1 aliphatic carbocycles. The van der Waals surface area contributed by atoms with Crippen molar-refractivity contribution in [2.24, 2.45) is 11.0 Å². The molecule has 2 unspecified atom stereocenters. The molecule has 2 aliphatic rings. The minimum Gasteiger partial charge on any atom is -0.461 e. The van der Waals surface area contributed by atoms with Gasteiger partial charge in [0.15, 0.2) is 5.71 Å². The minimum atomic E-state index is -4.49. The molecule has 0 radical (unpaired) electrons. The number of hydrazone groups is 1. The Morgan fingerprint density at radius 2 is 2.09 bits per heavy atom. The summed E-state index contributed by atoms with van der Waals surface area (Å²) in [6, 6.07) is 4.12. The van der Waals surface area contributed by atoms with E-state index in [1.807, 2.05) is 24.3 Å². The van der Waals surface area contributed by atoms with Gasteiger partial charge in [0.05, 0.1) is 37.1 Å². The first kappa shape index (κ1) is 23.7. The second-order valence-electron chi connectivity index (χ2n) is 7.35. The van der Waals surface area contributed by atoms with Gasteiger partial charge in [0.1, 0.15) is 0 Å². The summed E-state index contributed by atoms with van der Waals surface area (Å²) in [5.74, 6) is -0.899. The van der Waals surface area contributed by atoms with Gasteiger partial charge < -0.3 is 9.47 Å². The van der Waals surface area contributed by atoms with Gasteiger partial charge in [0.25, 0.3) is 0 Å². The van der Waals surface area contributed by atoms with E-state index in [0.717, 1.165) is 17.7 Å². The lowest BCUT2D eigenvalue weighted by molar-refractivity contribution is -0.137. The monoisotopic (exact) mass is 449 g/mol. The minimum absolute atomic E-state index is 0.0669. The van der Waals surface area contributed by atoms with Crippen molar-refractivity contribution < 1.29 is 27.4 Å². The summed E-state index contributed by atoms with van der Waals surface area (Å²) in [4.78, 5) is 15.0. The maximum atomic E-state index is 13.1. The Hall–Kier alpha value is -2.91. The van der Waals surface area contributed by atoms with E-state index in [9.17, 15) is 18.0 Å². The van der Waals surface area contributed by atoms with Crippen molar-refractivity contribution in [3.05, 3.63) is 66.3 Å². The second kappa shape index (κ2) is 10.6. The van der Waals surface area contributed by atoms with Crippen LogP contribution in [0.1, 0.15) is 12.5 Å². The number of allylic oxidation sites excluding steroid dienone is 3. The number of benzene rings is 1. The van der Waals surface area contributed by atoms with Gasteiger partial charge in [-0.1, -0.05) is 36.9 Å². The van der Waals surface area contributed by atoms with E-state index in [1.165, 1.54) is 12.1 Å². The number of hydrogen-bond donors (Lipinski definition) is 1. The van der Waals surface area contributed by atoms with E-state index in [0.29, 0.717) is 26.3 Å². The smallest absolute Gasteiger partial charge is 0.416 e. The fraction of sp³-hybridized carbons (Fsp3) is 0.391. The SMILES string of the molecule is C=C1C=CC=CC1C(C(=NNc1cccc(C(F)(F)F)c1)C(=O)OCC)N1CCOCC1. The third-order valence-corrected chi connectivity index (χ3v) is 5.21. The Kier molecular flexibility index (Phi) is 7.87. The summed E-state index contributed by atoms with van der Waals surface area (Å²) < 4.78 is 49.9. The molecule has 32 heavy (non-hydrogen) atoms. The number of ether oxygens (including phenoxy) is 2. The zero-order chi connectivity index (χ0) is 23.1. The van der Waals surface area contributed by atoms with Gasteiger partial charge in [-0.2, -0.15) is 18.3 Å². The molecule has 0 bridgehead atoms. The normalized spacial score (nSPS) is 20.8. The number of morpholine rings is 1. The Bertz CT molecular complexity index is 919. The molecular formula is C23H26F3N3O3. The number of anilines is 1. The van der Waals surface area contributed by atoms with E-state index in [-0.39, 0.29) is 23.9 Å². The maximum Gasteiger partial charge on any atom is 0.416 e. The summed E-state index contributed by atoms with van der Waals surface area (Å²) in [5.41, 5.74) is 2.79. The quantitative estimate of drug-likeness (QED) is 0.387. The number of carbonyl (C=O) groups excluding carboxylic acids is 1. The van der Waals surface area contributed by atoms with Crippen LogP contribution in [0, 0.1) is 5.92 Å². The molecule has 1 aliphatic heterocycles. The first-order chi connectivity index (χ1) is 15.3. The van der Waals surface area contributed by atoms with E-state index in [1.54, 1.807) is 6.92 Å². The highest BCUT2D eigenvalue weighted by Crippen LogP contribution is 2.31. The molecule has 1 fully saturated rings. The molecule has 1 N–H and O–H groups in total. The number of halogens is 3. The summed E-state index contributed by atoms with van der Waals surface area (Å²) in [6.45, 7) is 8.04. The highest BCUT2D eigenvalue weighted by atomic mass is 19.4. The van der Waals surface area contributed by atoms with E-state index in [2.05, 4.69) is 22.0 Å². The van der Waals surface area contributed by atoms with Crippen LogP contribution in [0.3, 0.4) is 0 Å². The predicted molar refractivity (Wildman–Crippen MR) is 116 cm³/mol. The van der Waals surface area contributed by atoms with E-state index in [4.69, 9.17) is 9.47 Å². The Morgan fingerprint density at radius 1 is 1.34 bits per heavy atom. The van der Waals surface area contributed by atoms with Crippen molar-refractivity contribution in [2.75, 3.05) is 38.3 Å². The fourth-order valence-electron chi connectivity index (χ4n) is 3.66. The maximum absolute atomic E-state index is 13.1. The lowest BCUT2D eigenvalue weighted by Gasteiger charge is -2.38. The van der Waals surface area contributed by atoms with Gasteiger partial charge >= 0.3 is 12.1 Å². The molecule has 6 nitrogen and oxygen atoms in total. The molecule has 0 aromatic heterocycles.